The molecule has 0 saturated heterocycles. The fourth-order valence-electron chi connectivity index (χ4n) is 3.01. The first-order valence-electron chi connectivity index (χ1n) is 8.02. The van der Waals surface area contributed by atoms with Crippen LogP contribution in [0.1, 0.15) is 5.56 Å². The van der Waals surface area contributed by atoms with Crippen molar-refractivity contribution in [1.82, 2.24) is 14.9 Å². The van der Waals surface area contributed by atoms with Gasteiger partial charge in [0, 0.05) is 33.0 Å². The van der Waals surface area contributed by atoms with Gasteiger partial charge >= 0.3 is 0 Å². The smallest absolute Gasteiger partial charge is 0.244 e. The highest BCUT2D eigenvalue weighted by Crippen LogP contribution is 2.34. The first kappa shape index (κ1) is 16.6. The molecule has 128 valence electrons. The largest absolute Gasteiger partial charge is 0.435 e. The third-order valence-electron chi connectivity index (χ3n) is 4.24. The van der Waals surface area contributed by atoms with E-state index < -0.39 is 0 Å². The Morgan fingerprint density at radius 2 is 2.04 bits per heavy atom. The van der Waals surface area contributed by atoms with Gasteiger partial charge in [-0.05, 0) is 50.3 Å². The van der Waals surface area contributed by atoms with Crippen LogP contribution in [-0.2, 0) is 6.42 Å². The van der Waals surface area contributed by atoms with Gasteiger partial charge in [0.2, 0.25) is 5.89 Å². The lowest BCUT2D eigenvalue weighted by Crippen LogP contribution is -2.15. The second-order valence-corrected chi connectivity index (χ2v) is 7.70. The molecule has 1 N–H and O–H groups in total. The van der Waals surface area contributed by atoms with Crippen molar-refractivity contribution in [3.05, 3.63) is 51.5 Å². The fourth-order valence-corrected chi connectivity index (χ4v) is 3.53. The quantitative estimate of drug-likeness (QED) is 0.476. The number of likely N-dealkylation sites (N-methyl/N-ethyl adjacent to an activating group) is 1. The van der Waals surface area contributed by atoms with E-state index in [1.54, 1.807) is 6.07 Å². The van der Waals surface area contributed by atoms with Gasteiger partial charge in [-0.25, -0.2) is 4.98 Å². The van der Waals surface area contributed by atoms with E-state index in [1.807, 2.05) is 12.1 Å². The average molecular weight is 419 g/mol. The van der Waals surface area contributed by atoms with E-state index in [0.717, 1.165) is 34.2 Å². The predicted octanol–water partition coefficient (Wildman–Crippen LogP) is 5.50. The molecule has 6 heteroatoms. The molecule has 4 nitrogen and oxygen atoms in total. The first-order chi connectivity index (χ1) is 12.0. The van der Waals surface area contributed by atoms with Crippen molar-refractivity contribution in [3.8, 4) is 11.6 Å². The summed E-state index contributed by atoms with van der Waals surface area (Å²) < 4.78 is 7.03. The van der Waals surface area contributed by atoms with Gasteiger partial charge in [-0.2, -0.15) is 0 Å². The zero-order valence-corrected chi connectivity index (χ0v) is 16.3. The van der Waals surface area contributed by atoms with E-state index in [1.165, 1.54) is 10.9 Å². The van der Waals surface area contributed by atoms with E-state index in [0.29, 0.717) is 16.5 Å². The monoisotopic (exact) mass is 417 g/mol. The summed E-state index contributed by atoms with van der Waals surface area (Å²) in [6, 6.07) is 11.8. The second kappa shape index (κ2) is 6.48. The Hall–Kier alpha value is -1.82. The summed E-state index contributed by atoms with van der Waals surface area (Å²) in [5.41, 5.74) is 4.72. The number of oxazole rings is 1. The van der Waals surface area contributed by atoms with Crippen molar-refractivity contribution in [2.45, 2.75) is 6.42 Å². The number of benzene rings is 2. The Kier molecular flexibility index (Phi) is 4.31. The summed E-state index contributed by atoms with van der Waals surface area (Å²) in [6.45, 7) is 0.947. The van der Waals surface area contributed by atoms with Crippen LogP contribution in [0.4, 0.5) is 0 Å². The van der Waals surface area contributed by atoms with Crippen LogP contribution in [0.2, 0.25) is 5.02 Å². The SMILES string of the molecule is CN(C)CCc1c(-c2nc3ccc(Cl)cc3o2)[nH]c2cc(Br)ccc12. The Bertz CT molecular complexity index is 1070. The molecule has 0 bridgehead atoms. The number of halogens is 2. The maximum Gasteiger partial charge on any atom is 0.244 e. The average Bonchev–Trinajstić information content (AvgIpc) is 3.12. The van der Waals surface area contributed by atoms with E-state index in [9.17, 15) is 0 Å². The van der Waals surface area contributed by atoms with Crippen LogP contribution in [0.15, 0.2) is 45.3 Å². The van der Waals surface area contributed by atoms with Crippen LogP contribution in [0.3, 0.4) is 0 Å². The van der Waals surface area contributed by atoms with Gasteiger partial charge < -0.3 is 14.3 Å². The summed E-state index contributed by atoms with van der Waals surface area (Å²) in [7, 11) is 4.15. The van der Waals surface area contributed by atoms with Crippen LogP contribution in [0, 0.1) is 0 Å². The minimum absolute atomic E-state index is 0.596. The van der Waals surface area contributed by atoms with Gasteiger partial charge in [-0.3, -0.25) is 0 Å². The van der Waals surface area contributed by atoms with Crippen molar-refractivity contribution in [1.29, 1.82) is 0 Å². The molecule has 2 aromatic heterocycles. The highest BCUT2D eigenvalue weighted by molar-refractivity contribution is 9.10. The number of hydrogen-bond acceptors (Lipinski definition) is 3. The van der Waals surface area contributed by atoms with Crippen LogP contribution in [0.25, 0.3) is 33.6 Å². The van der Waals surface area contributed by atoms with Gasteiger partial charge in [0.25, 0.3) is 0 Å². The molecule has 0 amide bonds. The number of rotatable bonds is 4. The third-order valence-corrected chi connectivity index (χ3v) is 4.97. The van der Waals surface area contributed by atoms with E-state index in [-0.39, 0.29) is 0 Å². The molecular weight excluding hydrogens is 402 g/mol. The van der Waals surface area contributed by atoms with Crippen LogP contribution < -0.4 is 0 Å². The van der Waals surface area contributed by atoms with Gasteiger partial charge in [0.1, 0.15) is 11.2 Å². The molecule has 4 rings (SSSR count). The molecule has 2 aromatic carbocycles. The van der Waals surface area contributed by atoms with Crippen molar-refractivity contribution >= 4 is 49.5 Å². The second-order valence-electron chi connectivity index (χ2n) is 6.35. The Morgan fingerprint density at radius 1 is 1.20 bits per heavy atom. The van der Waals surface area contributed by atoms with Crippen molar-refractivity contribution in [2.24, 2.45) is 0 Å². The molecule has 0 saturated carbocycles. The Balaban J connectivity index is 1.90. The topological polar surface area (TPSA) is 45.1 Å². The highest BCUT2D eigenvalue weighted by atomic mass is 79.9. The molecule has 0 radical (unpaired) electrons. The van der Waals surface area contributed by atoms with Crippen molar-refractivity contribution in [3.63, 3.8) is 0 Å². The predicted molar refractivity (Wildman–Crippen MR) is 106 cm³/mol. The lowest BCUT2D eigenvalue weighted by molar-refractivity contribution is 0.414. The lowest BCUT2D eigenvalue weighted by Gasteiger charge is -2.09. The minimum Gasteiger partial charge on any atom is -0.435 e. The number of nitrogens with one attached hydrogen (secondary N) is 1. The molecule has 0 fully saturated rings. The summed E-state index contributed by atoms with van der Waals surface area (Å²) in [4.78, 5) is 10.3. The minimum atomic E-state index is 0.596. The molecule has 0 aliphatic heterocycles. The summed E-state index contributed by atoms with van der Waals surface area (Å²) in [5.74, 6) is 0.596. The van der Waals surface area contributed by atoms with Gasteiger partial charge in [-0.15, -0.1) is 0 Å². The Labute approximate surface area is 158 Å². The maximum atomic E-state index is 6.07. The molecule has 0 atom stereocenters. The molecule has 0 unspecified atom stereocenters. The highest BCUT2D eigenvalue weighted by Gasteiger charge is 2.18. The maximum absolute atomic E-state index is 6.07. The van der Waals surface area contributed by atoms with Crippen LogP contribution >= 0.6 is 27.5 Å². The summed E-state index contributed by atoms with van der Waals surface area (Å²) >= 11 is 9.60. The summed E-state index contributed by atoms with van der Waals surface area (Å²) in [5, 5.41) is 1.84. The normalized spacial score (nSPS) is 11.9. The molecule has 4 aromatic rings. The van der Waals surface area contributed by atoms with Crippen LogP contribution in [0.5, 0.6) is 0 Å². The molecule has 2 heterocycles. The lowest BCUT2D eigenvalue weighted by atomic mass is 10.1. The molecular formula is C19H17BrClN3O. The first-order valence-corrected chi connectivity index (χ1v) is 9.19. The molecule has 25 heavy (non-hydrogen) atoms. The Morgan fingerprint density at radius 3 is 2.84 bits per heavy atom. The van der Waals surface area contributed by atoms with Crippen molar-refractivity contribution < 1.29 is 4.42 Å². The van der Waals surface area contributed by atoms with Gasteiger partial charge in [-0.1, -0.05) is 33.6 Å². The standard InChI is InChI=1S/C19H17BrClN3O/c1-24(2)8-7-14-13-5-3-11(20)9-16(13)22-18(14)19-23-15-6-4-12(21)10-17(15)25-19/h3-6,9-10,22H,7-8H2,1-2H3. The number of nitrogens with zero attached hydrogens (tertiary/aromatic N) is 2. The number of fused-ring (bicyclic) bond motifs is 2. The van der Waals surface area contributed by atoms with Crippen LogP contribution in [-0.4, -0.2) is 35.5 Å². The van der Waals surface area contributed by atoms with Crippen molar-refractivity contribution in [2.75, 3.05) is 20.6 Å². The fraction of sp³-hybridized carbons (Fsp3) is 0.211. The van der Waals surface area contributed by atoms with E-state index >= 15 is 0 Å². The number of hydrogen-bond donors (Lipinski definition) is 1. The molecule has 0 spiro atoms. The van der Waals surface area contributed by atoms with Gasteiger partial charge in [0.15, 0.2) is 5.58 Å². The van der Waals surface area contributed by atoms with E-state index in [4.69, 9.17) is 16.0 Å². The molecule has 0 aliphatic rings. The molecule has 0 aliphatic carbocycles. The number of aromatic amines is 1. The third kappa shape index (κ3) is 3.19. The number of aromatic nitrogens is 2. The zero-order chi connectivity index (χ0) is 17.6. The number of H-pyrrole nitrogens is 1. The van der Waals surface area contributed by atoms with Gasteiger partial charge in [0.05, 0.1) is 0 Å². The van der Waals surface area contributed by atoms with E-state index in [2.05, 4.69) is 63.1 Å². The summed E-state index contributed by atoms with van der Waals surface area (Å²) in [6.07, 6.45) is 0.906. The zero-order valence-electron chi connectivity index (χ0n) is 13.9.